The monoisotopic (exact) mass is 239 g/mol. The third kappa shape index (κ3) is 1.40. The van der Waals surface area contributed by atoms with Crippen LogP contribution in [0.5, 0.6) is 0 Å². The molecule has 0 radical (unpaired) electrons. The average molecular weight is 240 g/mol. The Morgan fingerprint density at radius 1 is 1.57 bits per heavy atom. The van der Waals surface area contributed by atoms with E-state index in [1.54, 1.807) is 11.3 Å². The summed E-state index contributed by atoms with van der Waals surface area (Å²) in [5, 5.41) is 11.9. The van der Waals surface area contributed by atoms with Crippen LogP contribution in [0.1, 0.15) is 11.1 Å². The fourth-order valence-corrected chi connectivity index (χ4v) is 2.98. The Kier molecular flexibility index (Phi) is 2.69. The Hall–Kier alpha value is -0.690. The quantitative estimate of drug-likeness (QED) is 0.594. The number of thiophene rings is 1. The molecule has 1 nitrogen and oxygen atoms in total. The maximum atomic E-state index is 8.95. The maximum Gasteiger partial charge on any atom is 0.0998 e. The SMILES string of the molecule is N#Cc1cc(CCl)c(S)c2sccc12. The van der Waals surface area contributed by atoms with E-state index in [0.29, 0.717) is 11.4 Å². The number of halogens is 1. The van der Waals surface area contributed by atoms with Gasteiger partial charge in [0.25, 0.3) is 0 Å². The van der Waals surface area contributed by atoms with Gasteiger partial charge in [-0.25, -0.2) is 0 Å². The molecule has 0 N–H and O–H groups in total. The molecule has 2 rings (SSSR count). The Bertz CT molecular complexity index is 525. The molecule has 14 heavy (non-hydrogen) atoms. The van der Waals surface area contributed by atoms with E-state index in [1.807, 2.05) is 17.5 Å². The number of rotatable bonds is 1. The molecule has 0 unspecified atom stereocenters. The van der Waals surface area contributed by atoms with Gasteiger partial charge in [0.15, 0.2) is 0 Å². The zero-order valence-corrected chi connectivity index (χ0v) is 9.59. The number of benzene rings is 1. The second-order valence-electron chi connectivity index (χ2n) is 2.84. The van der Waals surface area contributed by atoms with Gasteiger partial charge in [-0.2, -0.15) is 5.26 Å². The number of alkyl halides is 1. The van der Waals surface area contributed by atoms with Crippen LogP contribution in [0.2, 0.25) is 0 Å². The van der Waals surface area contributed by atoms with Crippen LogP contribution in [-0.4, -0.2) is 0 Å². The van der Waals surface area contributed by atoms with Gasteiger partial charge in [-0.15, -0.1) is 35.6 Å². The van der Waals surface area contributed by atoms with Crippen molar-refractivity contribution in [2.75, 3.05) is 0 Å². The first-order valence-electron chi connectivity index (χ1n) is 3.96. The summed E-state index contributed by atoms with van der Waals surface area (Å²) >= 11 is 11.8. The summed E-state index contributed by atoms with van der Waals surface area (Å²) in [5.74, 6) is 0.390. The first kappa shape index (κ1) is 9.85. The normalized spacial score (nSPS) is 10.4. The van der Waals surface area contributed by atoms with Crippen molar-refractivity contribution in [2.45, 2.75) is 10.8 Å². The highest BCUT2D eigenvalue weighted by atomic mass is 35.5. The molecule has 0 fully saturated rings. The molecule has 2 aromatic rings. The summed E-state index contributed by atoms with van der Waals surface area (Å²) in [6.07, 6.45) is 0. The van der Waals surface area contributed by atoms with E-state index in [2.05, 4.69) is 18.7 Å². The molecule has 4 heteroatoms. The third-order valence-electron chi connectivity index (χ3n) is 2.06. The van der Waals surface area contributed by atoms with Crippen LogP contribution in [0.25, 0.3) is 10.1 Å². The number of fused-ring (bicyclic) bond motifs is 1. The molecule has 0 saturated carbocycles. The molecule has 70 valence electrons. The Labute approximate surface area is 96.3 Å². The summed E-state index contributed by atoms with van der Waals surface area (Å²) in [6, 6.07) is 5.92. The number of hydrogen-bond acceptors (Lipinski definition) is 3. The fourth-order valence-electron chi connectivity index (χ4n) is 1.37. The minimum atomic E-state index is 0.390. The number of thiol groups is 1. The topological polar surface area (TPSA) is 23.8 Å². The second kappa shape index (κ2) is 3.82. The fraction of sp³-hybridized carbons (Fsp3) is 0.100. The van der Waals surface area contributed by atoms with Gasteiger partial charge in [-0.05, 0) is 23.1 Å². The van der Waals surface area contributed by atoms with E-state index in [-0.39, 0.29) is 0 Å². The molecule has 0 amide bonds. The lowest BCUT2D eigenvalue weighted by Gasteiger charge is -2.03. The van der Waals surface area contributed by atoms with Crippen LogP contribution in [-0.2, 0) is 5.88 Å². The molecule has 0 bridgehead atoms. The molecule has 0 aliphatic carbocycles. The van der Waals surface area contributed by atoms with Crippen molar-refractivity contribution in [3.63, 3.8) is 0 Å². The van der Waals surface area contributed by atoms with Crippen LogP contribution in [0.15, 0.2) is 22.4 Å². The van der Waals surface area contributed by atoms with Crippen molar-refractivity contribution in [3.05, 3.63) is 28.6 Å². The van der Waals surface area contributed by atoms with E-state index in [1.165, 1.54) is 0 Å². The first-order valence-corrected chi connectivity index (χ1v) is 5.82. The molecular weight excluding hydrogens is 234 g/mol. The van der Waals surface area contributed by atoms with Gasteiger partial charge in [0.1, 0.15) is 0 Å². The zero-order valence-electron chi connectivity index (χ0n) is 7.12. The zero-order chi connectivity index (χ0) is 10.1. The smallest absolute Gasteiger partial charge is 0.0998 e. The molecule has 0 saturated heterocycles. The molecule has 0 atom stereocenters. The van der Waals surface area contributed by atoms with E-state index in [4.69, 9.17) is 16.9 Å². The average Bonchev–Trinajstić information content (AvgIpc) is 2.68. The van der Waals surface area contributed by atoms with Crippen LogP contribution in [0.4, 0.5) is 0 Å². The summed E-state index contributed by atoms with van der Waals surface area (Å²) in [7, 11) is 0. The van der Waals surface area contributed by atoms with Crippen LogP contribution < -0.4 is 0 Å². The molecule has 0 aliphatic heterocycles. The van der Waals surface area contributed by atoms with E-state index < -0.39 is 0 Å². The molecule has 1 heterocycles. The van der Waals surface area contributed by atoms with Crippen molar-refractivity contribution < 1.29 is 0 Å². The standard InChI is InChI=1S/C10H6ClNS2/c11-4-6-3-7(5-12)8-1-2-14-10(8)9(6)13/h1-3,13H,4H2. The highest BCUT2D eigenvalue weighted by Crippen LogP contribution is 2.33. The lowest BCUT2D eigenvalue weighted by molar-refractivity contribution is 1.31. The van der Waals surface area contributed by atoms with Gasteiger partial charge in [0, 0.05) is 20.9 Å². The maximum absolute atomic E-state index is 8.95. The number of nitriles is 1. The van der Waals surface area contributed by atoms with Gasteiger partial charge in [-0.1, -0.05) is 0 Å². The van der Waals surface area contributed by atoms with Crippen molar-refractivity contribution >= 4 is 45.7 Å². The highest BCUT2D eigenvalue weighted by molar-refractivity contribution is 7.80. The van der Waals surface area contributed by atoms with Crippen molar-refractivity contribution in [1.29, 1.82) is 5.26 Å². The summed E-state index contributed by atoms with van der Waals surface area (Å²) in [5.41, 5.74) is 1.59. The second-order valence-corrected chi connectivity index (χ2v) is 4.47. The molecule has 1 aromatic heterocycles. The van der Waals surface area contributed by atoms with Crippen molar-refractivity contribution in [3.8, 4) is 6.07 Å². The third-order valence-corrected chi connectivity index (χ3v) is 3.94. The Morgan fingerprint density at radius 3 is 3.00 bits per heavy atom. The van der Waals surface area contributed by atoms with Crippen molar-refractivity contribution in [1.82, 2.24) is 0 Å². The predicted molar refractivity (Wildman–Crippen MR) is 63.3 cm³/mol. The van der Waals surface area contributed by atoms with Gasteiger partial charge < -0.3 is 0 Å². The summed E-state index contributed by atoms with van der Waals surface area (Å²) in [6.45, 7) is 0. The van der Waals surface area contributed by atoms with Crippen LogP contribution in [0, 0.1) is 11.3 Å². The lowest BCUT2D eigenvalue weighted by atomic mass is 10.1. The highest BCUT2D eigenvalue weighted by Gasteiger charge is 2.09. The first-order chi connectivity index (χ1) is 6.77. The van der Waals surface area contributed by atoms with Crippen LogP contribution in [0.3, 0.4) is 0 Å². The Balaban J connectivity index is 2.89. The van der Waals surface area contributed by atoms with Gasteiger partial charge in [0.2, 0.25) is 0 Å². The van der Waals surface area contributed by atoms with Gasteiger partial charge in [-0.3, -0.25) is 0 Å². The summed E-state index contributed by atoms with van der Waals surface area (Å²) in [4.78, 5) is 0.893. The van der Waals surface area contributed by atoms with E-state index in [0.717, 1.165) is 20.5 Å². The summed E-state index contributed by atoms with van der Waals surface area (Å²) < 4.78 is 1.04. The van der Waals surface area contributed by atoms with E-state index >= 15 is 0 Å². The van der Waals surface area contributed by atoms with Crippen LogP contribution >= 0.6 is 35.6 Å². The van der Waals surface area contributed by atoms with Gasteiger partial charge >= 0.3 is 0 Å². The largest absolute Gasteiger partial charge is 0.192 e. The lowest BCUT2D eigenvalue weighted by Crippen LogP contribution is -1.85. The number of hydrogen-bond donors (Lipinski definition) is 1. The van der Waals surface area contributed by atoms with Gasteiger partial charge in [0.05, 0.1) is 11.6 Å². The molecule has 0 aliphatic rings. The minimum Gasteiger partial charge on any atom is -0.192 e. The molecule has 1 aromatic carbocycles. The molecular formula is C10H6ClNS2. The molecule has 0 spiro atoms. The predicted octanol–water partition coefficient (Wildman–Crippen LogP) is 3.80. The number of nitrogens with zero attached hydrogens (tertiary/aromatic N) is 1. The van der Waals surface area contributed by atoms with E-state index in [9.17, 15) is 0 Å². The minimum absolute atomic E-state index is 0.390. The Morgan fingerprint density at radius 2 is 2.36 bits per heavy atom. The van der Waals surface area contributed by atoms with Crippen molar-refractivity contribution in [2.24, 2.45) is 0 Å².